The molecule has 0 saturated heterocycles. The lowest BCUT2D eigenvalue weighted by Gasteiger charge is -2.12. The molecule has 0 bridgehead atoms. The van der Waals surface area contributed by atoms with Crippen LogP contribution in [0.3, 0.4) is 0 Å². The minimum atomic E-state index is 0.665. The molecule has 0 fully saturated rings. The molecule has 0 aliphatic heterocycles. The molecule has 134 valence electrons. The number of allylic oxidation sites excluding steroid dienone is 1. The van der Waals surface area contributed by atoms with Gasteiger partial charge < -0.3 is 15.0 Å². The molecule has 2 N–H and O–H groups in total. The predicted molar refractivity (Wildman–Crippen MR) is 109 cm³/mol. The largest absolute Gasteiger partial charge is 0.497 e. The molecule has 0 unspecified atom stereocenters. The number of nitrogens with zero attached hydrogens (tertiary/aromatic N) is 1. The Morgan fingerprint density at radius 3 is 2.88 bits per heavy atom. The van der Waals surface area contributed by atoms with Crippen molar-refractivity contribution in [3.05, 3.63) is 77.0 Å². The van der Waals surface area contributed by atoms with Crippen LogP contribution in [0.1, 0.15) is 29.3 Å². The summed E-state index contributed by atoms with van der Waals surface area (Å²) in [7, 11) is 1.63. The third kappa shape index (κ3) is 3.80. The second-order valence-electron chi connectivity index (χ2n) is 6.55. The van der Waals surface area contributed by atoms with Crippen molar-refractivity contribution in [3.63, 3.8) is 0 Å². The fourth-order valence-electron chi connectivity index (χ4n) is 2.91. The monoisotopic (exact) mass is 347 g/mol. The molecule has 0 spiro atoms. The van der Waals surface area contributed by atoms with Crippen LogP contribution in [0.5, 0.6) is 0 Å². The molecule has 4 heteroatoms. The van der Waals surface area contributed by atoms with E-state index in [1.807, 2.05) is 26.2 Å². The molecule has 26 heavy (non-hydrogen) atoms. The van der Waals surface area contributed by atoms with Gasteiger partial charge in [-0.15, -0.1) is 0 Å². The molecule has 3 aromatic rings. The van der Waals surface area contributed by atoms with E-state index in [1.54, 1.807) is 7.11 Å². The number of pyridine rings is 1. The maximum absolute atomic E-state index is 5.20. The van der Waals surface area contributed by atoms with E-state index in [0.29, 0.717) is 5.76 Å². The van der Waals surface area contributed by atoms with Gasteiger partial charge in [-0.2, -0.15) is 0 Å². The first-order valence-electron chi connectivity index (χ1n) is 8.66. The number of aromatic nitrogens is 2. The highest BCUT2D eigenvalue weighted by molar-refractivity contribution is 5.81. The molecule has 0 amide bonds. The summed E-state index contributed by atoms with van der Waals surface area (Å²) < 4.78 is 5.20. The van der Waals surface area contributed by atoms with E-state index < -0.39 is 0 Å². The van der Waals surface area contributed by atoms with Gasteiger partial charge in [0, 0.05) is 24.0 Å². The van der Waals surface area contributed by atoms with Crippen molar-refractivity contribution in [1.82, 2.24) is 9.97 Å². The molecular formula is C22H25N3O. The Bertz CT molecular complexity index is 982. The van der Waals surface area contributed by atoms with Gasteiger partial charge in [-0.25, -0.2) is 0 Å². The molecule has 1 aromatic carbocycles. The first kappa shape index (κ1) is 17.8. The van der Waals surface area contributed by atoms with Crippen LogP contribution in [-0.2, 0) is 11.3 Å². The molecule has 0 aliphatic carbocycles. The van der Waals surface area contributed by atoms with Crippen LogP contribution < -0.4 is 5.32 Å². The predicted octanol–water partition coefficient (Wildman–Crippen LogP) is 5.36. The quantitative estimate of drug-likeness (QED) is 0.466. The first-order chi connectivity index (χ1) is 12.5. The highest BCUT2D eigenvalue weighted by Gasteiger charge is 2.05. The van der Waals surface area contributed by atoms with Crippen molar-refractivity contribution in [1.29, 1.82) is 0 Å². The summed E-state index contributed by atoms with van der Waals surface area (Å²) in [6.07, 6.45) is 5.90. The Kier molecular flexibility index (Phi) is 5.12. The van der Waals surface area contributed by atoms with Gasteiger partial charge in [0.2, 0.25) is 0 Å². The molecule has 2 heterocycles. The zero-order valence-corrected chi connectivity index (χ0v) is 15.8. The fraction of sp³-hybridized carbons (Fsp3) is 0.227. The third-order valence-corrected chi connectivity index (χ3v) is 4.68. The number of anilines is 1. The van der Waals surface area contributed by atoms with Crippen molar-refractivity contribution >= 4 is 22.7 Å². The lowest BCUT2D eigenvalue weighted by molar-refractivity contribution is 0.303. The van der Waals surface area contributed by atoms with Gasteiger partial charge in [0.05, 0.1) is 19.0 Å². The normalized spacial score (nSPS) is 11.6. The summed E-state index contributed by atoms with van der Waals surface area (Å²) in [5.41, 5.74) is 7.73. The Hall–Kier alpha value is -3.01. The van der Waals surface area contributed by atoms with Crippen LogP contribution in [0.25, 0.3) is 17.0 Å². The van der Waals surface area contributed by atoms with E-state index in [1.165, 1.54) is 22.0 Å². The minimum Gasteiger partial charge on any atom is -0.497 e. The molecule has 2 aromatic heterocycles. The SMILES string of the molecule is C=C(OC)/C(C)=C/c1cc(NCc2cc3cc[nH]c3cc2C)cnc1C. The van der Waals surface area contributed by atoms with Gasteiger partial charge in [-0.1, -0.05) is 6.58 Å². The highest BCUT2D eigenvalue weighted by Crippen LogP contribution is 2.22. The summed E-state index contributed by atoms with van der Waals surface area (Å²) in [4.78, 5) is 7.76. The number of hydrogen-bond donors (Lipinski definition) is 2. The Morgan fingerprint density at radius 2 is 2.12 bits per heavy atom. The van der Waals surface area contributed by atoms with E-state index in [-0.39, 0.29) is 0 Å². The fourth-order valence-corrected chi connectivity index (χ4v) is 2.91. The first-order valence-corrected chi connectivity index (χ1v) is 8.66. The van der Waals surface area contributed by atoms with E-state index in [0.717, 1.165) is 29.1 Å². The van der Waals surface area contributed by atoms with Crippen LogP contribution in [0.2, 0.25) is 0 Å². The lowest BCUT2D eigenvalue weighted by Crippen LogP contribution is -2.03. The van der Waals surface area contributed by atoms with Crippen LogP contribution in [0, 0.1) is 13.8 Å². The van der Waals surface area contributed by atoms with Gasteiger partial charge >= 0.3 is 0 Å². The molecular weight excluding hydrogens is 322 g/mol. The Balaban J connectivity index is 1.80. The standard InChI is InChI=1S/C22H25N3O/c1-14(17(4)26-5)8-19-11-21(13-24-16(19)3)25-12-20-10-18-6-7-23-22(18)9-15(20)2/h6-11,13,23,25H,4,12H2,1-3,5H3/b14-8+. The number of aromatic amines is 1. The van der Waals surface area contributed by atoms with Crippen molar-refractivity contribution in [3.8, 4) is 0 Å². The zero-order valence-electron chi connectivity index (χ0n) is 15.8. The van der Waals surface area contributed by atoms with E-state index >= 15 is 0 Å². The minimum absolute atomic E-state index is 0.665. The van der Waals surface area contributed by atoms with Crippen LogP contribution >= 0.6 is 0 Å². The lowest BCUT2D eigenvalue weighted by atomic mass is 10.1. The van der Waals surface area contributed by atoms with Gasteiger partial charge in [-0.05, 0) is 78.8 Å². The van der Waals surface area contributed by atoms with Gasteiger partial charge in [0.25, 0.3) is 0 Å². The second kappa shape index (κ2) is 7.48. The topological polar surface area (TPSA) is 49.9 Å². The summed E-state index contributed by atoms with van der Waals surface area (Å²) in [6.45, 7) is 10.8. The number of ether oxygens (including phenoxy) is 1. The number of nitrogens with one attached hydrogen (secondary N) is 2. The summed E-state index contributed by atoms with van der Waals surface area (Å²) in [5, 5.41) is 4.72. The van der Waals surface area contributed by atoms with Crippen LogP contribution in [0.4, 0.5) is 5.69 Å². The zero-order chi connectivity index (χ0) is 18.7. The maximum atomic E-state index is 5.20. The average Bonchev–Trinajstić information content (AvgIpc) is 3.08. The van der Waals surface area contributed by atoms with Crippen molar-refractivity contribution < 1.29 is 4.74 Å². The number of methoxy groups -OCH3 is 1. The molecule has 0 aliphatic rings. The summed E-state index contributed by atoms with van der Waals surface area (Å²) in [6, 6.07) is 8.62. The number of aryl methyl sites for hydroxylation is 2. The number of fused-ring (bicyclic) bond motifs is 1. The van der Waals surface area contributed by atoms with E-state index in [4.69, 9.17) is 4.74 Å². The summed E-state index contributed by atoms with van der Waals surface area (Å²) in [5.74, 6) is 0.665. The van der Waals surface area contributed by atoms with Gasteiger partial charge in [-0.3, -0.25) is 4.98 Å². The molecule has 0 saturated carbocycles. The average molecular weight is 347 g/mol. The van der Waals surface area contributed by atoms with Gasteiger partial charge in [0.15, 0.2) is 0 Å². The molecule has 0 atom stereocenters. The van der Waals surface area contributed by atoms with Crippen LogP contribution in [-0.4, -0.2) is 17.1 Å². The van der Waals surface area contributed by atoms with Crippen molar-refractivity contribution in [2.75, 3.05) is 12.4 Å². The summed E-state index contributed by atoms with van der Waals surface area (Å²) >= 11 is 0. The highest BCUT2D eigenvalue weighted by atomic mass is 16.5. The molecule has 0 radical (unpaired) electrons. The second-order valence-corrected chi connectivity index (χ2v) is 6.55. The number of H-pyrrole nitrogens is 1. The number of benzene rings is 1. The molecule has 3 rings (SSSR count). The Labute approximate surface area is 154 Å². The third-order valence-electron chi connectivity index (χ3n) is 4.68. The number of hydrogen-bond acceptors (Lipinski definition) is 3. The van der Waals surface area contributed by atoms with Gasteiger partial charge in [0.1, 0.15) is 5.76 Å². The maximum Gasteiger partial charge on any atom is 0.114 e. The van der Waals surface area contributed by atoms with Crippen LogP contribution in [0.15, 0.2) is 54.6 Å². The van der Waals surface area contributed by atoms with E-state index in [2.05, 4.69) is 59.1 Å². The van der Waals surface area contributed by atoms with Crippen molar-refractivity contribution in [2.24, 2.45) is 0 Å². The van der Waals surface area contributed by atoms with E-state index in [9.17, 15) is 0 Å². The van der Waals surface area contributed by atoms with Crippen molar-refractivity contribution in [2.45, 2.75) is 27.3 Å². The smallest absolute Gasteiger partial charge is 0.114 e. The number of rotatable bonds is 6. The Morgan fingerprint density at radius 1 is 1.31 bits per heavy atom. The molecule has 4 nitrogen and oxygen atoms in total.